The molecule has 1 heterocycles. The van der Waals surface area contributed by atoms with E-state index in [1.54, 1.807) is 0 Å². The van der Waals surface area contributed by atoms with Gasteiger partial charge >= 0.3 is 11.9 Å². The minimum absolute atomic E-state index is 0.0804. The van der Waals surface area contributed by atoms with Crippen molar-refractivity contribution in [2.24, 2.45) is 21.5 Å². The van der Waals surface area contributed by atoms with Crippen LogP contribution in [0.15, 0.2) is 9.98 Å². The normalized spacial score (nSPS) is 23.1. The highest BCUT2D eigenvalue weighted by atomic mass is 16.4. The van der Waals surface area contributed by atoms with Crippen molar-refractivity contribution in [2.45, 2.75) is 43.4 Å². The number of unbranched alkanes of at least 4 members (excludes halogenated alkanes) is 1. The predicted octanol–water partition coefficient (Wildman–Crippen LogP) is -1.23. The molecule has 1 aliphatic rings. The van der Waals surface area contributed by atoms with Gasteiger partial charge in [-0.2, -0.15) is 0 Å². The number of hydrogen-bond donors (Lipinski definition) is 5. The second-order valence-corrected chi connectivity index (χ2v) is 4.92. The molecule has 0 aromatic carbocycles. The van der Waals surface area contributed by atoms with E-state index in [0.29, 0.717) is 25.8 Å². The molecule has 21 heavy (non-hydrogen) atoms. The lowest BCUT2D eigenvalue weighted by Gasteiger charge is -2.29. The molecular formula is C12H21N5O4. The second kappa shape index (κ2) is 7.81. The van der Waals surface area contributed by atoms with Crippen molar-refractivity contribution in [3.63, 3.8) is 0 Å². The van der Waals surface area contributed by atoms with E-state index in [1.165, 1.54) is 12.6 Å². The monoisotopic (exact) mass is 299 g/mol. The number of nitrogens with zero attached hydrogens (tertiary/aromatic N) is 2. The highest BCUT2D eigenvalue weighted by Gasteiger charge is 2.37. The average Bonchev–Trinajstić information content (AvgIpc) is 2.86. The molecule has 0 radical (unpaired) electrons. The van der Waals surface area contributed by atoms with Crippen molar-refractivity contribution in [1.29, 1.82) is 0 Å². The Morgan fingerprint density at radius 2 is 2.00 bits per heavy atom. The van der Waals surface area contributed by atoms with Gasteiger partial charge in [0.1, 0.15) is 18.4 Å². The quantitative estimate of drug-likeness (QED) is 0.315. The van der Waals surface area contributed by atoms with Crippen LogP contribution in [0.3, 0.4) is 0 Å². The highest BCUT2D eigenvalue weighted by Crippen LogP contribution is 2.18. The molecule has 0 aromatic rings. The third-order valence-electron chi connectivity index (χ3n) is 3.16. The van der Waals surface area contributed by atoms with Crippen molar-refractivity contribution < 1.29 is 19.8 Å². The van der Waals surface area contributed by atoms with Crippen molar-refractivity contribution in [2.75, 3.05) is 6.54 Å². The zero-order valence-corrected chi connectivity index (χ0v) is 11.6. The van der Waals surface area contributed by atoms with E-state index in [4.69, 9.17) is 16.6 Å². The van der Waals surface area contributed by atoms with E-state index in [1.807, 2.05) is 0 Å². The Morgan fingerprint density at radius 1 is 1.29 bits per heavy atom. The molecule has 0 fully saturated rings. The standard InChI is InChI=1S/C12H21N5O4/c13-4-2-1-3-9(11(20)21)17-12(6-15-7-16-12)5-8(14)10(18)19/h6-9,17H,1-5,13-14H2,(H,18,19)(H,20,21)/t8-,9-,12?/m0/s1. The summed E-state index contributed by atoms with van der Waals surface area (Å²) in [6.45, 7) is 0.487. The minimum atomic E-state index is -1.19. The smallest absolute Gasteiger partial charge is 0.320 e. The fraction of sp³-hybridized carbons (Fsp3) is 0.667. The van der Waals surface area contributed by atoms with Gasteiger partial charge < -0.3 is 21.7 Å². The highest BCUT2D eigenvalue weighted by molar-refractivity contribution is 5.87. The van der Waals surface area contributed by atoms with Crippen LogP contribution in [-0.4, -0.2) is 59.0 Å². The number of aliphatic imine (C=N–C) groups is 2. The first-order valence-electron chi connectivity index (χ1n) is 6.67. The van der Waals surface area contributed by atoms with Gasteiger partial charge in [-0.15, -0.1) is 0 Å². The van der Waals surface area contributed by atoms with Gasteiger partial charge in [0.05, 0.1) is 0 Å². The van der Waals surface area contributed by atoms with Crippen LogP contribution in [0.5, 0.6) is 0 Å². The average molecular weight is 299 g/mol. The molecule has 9 nitrogen and oxygen atoms in total. The van der Waals surface area contributed by atoms with Crippen LogP contribution >= 0.6 is 0 Å². The summed E-state index contributed by atoms with van der Waals surface area (Å²) in [6, 6.07) is -2.04. The predicted molar refractivity (Wildman–Crippen MR) is 77.4 cm³/mol. The molecule has 118 valence electrons. The Hall–Kier alpha value is -1.84. The fourth-order valence-corrected chi connectivity index (χ4v) is 2.04. The van der Waals surface area contributed by atoms with Crippen LogP contribution in [0, 0.1) is 0 Å². The number of rotatable bonds is 10. The van der Waals surface area contributed by atoms with Gasteiger partial charge in [0.2, 0.25) is 0 Å². The summed E-state index contributed by atoms with van der Waals surface area (Å²) in [5, 5.41) is 21.0. The molecule has 0 spiro atoms. The Bertz CT molecular complexity index is 425. The number of carbonyl (C=O) groups is 2. The van der Waals surface area contributed by atoms with Gasteiger partial charge in [-0.3, -0.25) is 14.9 Å². The van der Waals surface area contributed by atoms with Gasteiger partial charge in [0.25, 0.3) is 0 Å². The maximum absolute atomic E-state index is 11.3. The van der Waals surface area contributed by atoms with Crippen molar-refractivity contribution in [3.8, 4) is 0 Å². The summed E-state index contributed by atoms with van der Waals surface area (Å²) < 4.78 is 0. The van der Waals surface area contributed by atoms with Crippen molar-refractivity contribution >= 4 is 24.5 Å². The molecule has 1 aliphatic heterocycles. The molecular weight excluding hydrogens is 278 g/mol. The Kier molecular flexibility index (Phi) is 6.40. The second-order valence-electron chi connectivity index (χ2n) is 4.92. The molecule has 3 atom stereocenters. The molecule has 0 aliphatic carbocycles. The Balaban J connectivity index is 2.75. The fourth-order valence-electron chi connectivity index (χ4n) is 2.04. The largest absolute Gasteiger partial charge is 0.480 e. The third kappa shape index (κ3) is 5.21. The van der Waals surface area contributed by atoms with Gasteiger partial charge in [-0.1, -0.05) is 6.42 Å². The molecule has 0 amide bonds. The Labute approximate surface area is 122 Å². The summed E-state index contributed by atoms with van der Waals surface area (Å²) >= 11 is 0. The third-order valence-corrected chi connectivity index (χ3v) is 3.16. The topological polar surface area (TPSA) is 163 Å². The van der Waals surface area contributed by atoms with Gasteiger partial charge in [0, 0.05) is 12.6 Å². The molecule has 0 saturated carbocycles. The van der Waals surface area contributed by atoms with Gasteiger partial charge in [-0.25, -0.2) is 9.98 Å². The number of carboxylic acid groups (broad SMARTS) is 2. The maximum atomic E-state index is 11.3. The summed E-state index contributed by atoms with van der Waals surface area (Å²) in [4.78, 5) is 30.1. The Morgan fingerprint density at radius 3 is 2.48 bits per heavy atom. The van der Waals surface area contributed by atoms with E-state index in [9.17, 15) is 14.7 Å². The van der Waals surface area contributed by atoms with E-state index in [0.717, 1.165) is 0 Å². The number of nitrogens with two attached hydrogens (primary N) is 2. The summed E-state index contributed by atoms with van der Waals surface area (Å²) in [6.07, 6.45) is 4.27. The minimum Gasteiger partial charge on any atom is -0.480 e. The SMILES string of the molecule is NCCCC[C@H](NC1(C[C@H](N)C(=O)O)C=NC=N1)C(=O)O. The summed E-state index contributed by atoms with van der Waals surface area (Å²) in [5.41, 5.74) is 9.71. The maximum Gasteiger partial charge on any atom is 0.320 e. The van der Waals surface area contributed by atoms with Gasteiger partial charge in [-0.05, 0) is 19.4 Å². The lowest BCUT2D eigenvalue weighted by Crippen LogP contribution is -2.55. The summed E-state index contributed by atoms with van der Waals surface area (Å²) in [7, 11) is 0. The zero-order chi connectivity index (χ0) is 15.9. The van der Waals surface area contributed by atoms with Crippen LogP contribution in [-0.2, 0) is 9.59 Å². The number of aliphatic carboxylic acids is 2. The van der Waals surface area contributed by atoms with Crippen LogP contribution in [0.1, 0.15) is 25.7 Å². The van der Waals surface area contributed by atoms with E-state index in [2.05, 4.69) is 15.3 Å². The number of nitrogens with one attached hydrogen (secondary N) is 1. The molecule has 0 aromatic heterocycles. The van der Waals surface area contributed by atoms with Crippen LogP contribution in [0.4, 0.5) is 0 Å². The van der Waals surface area contributed by atoms with Crippen LogP contribution in [0.25, 0.3) is 0 Å². The molecule has 0 saturated heterocycles. The van der Waals surface area contributed by atoms with Gasteiger partial charge in [0.15, 0.2) is 5.66 Å². The first-order valence-corrected chi connectivity index (χ1v) is 6.67. The molecule has 1 rings (SSSR count). The van der Waals surface area contributed by atoms with E-state index in [-0.39, 0.29) is 6.42 Å². The molecule has 9 heteroatoms. The molecule has 1 unspecified atom stereocenters. The first kappa shape index (κ1) is 17.2. The van der Waals surface area contributed by atoms with Crippen LogP contribution < -0.4 is 16.8 Å². The lowest BCUT2D eigenvalue weighted by molar-refractivity contribution is -0.140. The first-order chi connectivity index (χ1) is 9.90. The summed E-state index contributed by atoms with van der Waals surface area (Å²) in [5.74, 6) is -2.22. The number of hydrogen-bond acceptors (Lipinski definition) is 7. The van der Waals surface area contributed by atoms with Crippen LogP contribution in [0.2, 0.25) is 0 Å². The number of carboxylic acids is 2. The van der Waals surface area contributed by atoms with Crippen molar-refractivity contribution in [3.05, 3.63) is 0 Å². The zero-order valence-electron chi connectivity index (χ0n) is 11.6. The van der Waals surface area contributed by atoms with E-state index >= 15 is 0 Å². The van der Waals surface area contributed by atoms with Crippen molar-refractivity contribution in [1.82, 2.24) is 5.32 Å². The molecule has 0 bridgehead atoms. The van der Waals surface area contributed by atoms with E-state index < -0.39 is 29.7 Å². The molecule has 7 N–H and O–H groups in total. The lowest BCUT2D eigenvalue weighted by atomic mass is 9.99.